The minimum atomic E-state index is -5.19. The smallest absolute Gasteiger partial charge is 0.490 e. The molecule has 2 aromatic rings. The highest BCUT2D eigenvalue weighted by molar-refractivity contribution is 5.73. The minimum Gasteiger partial charge on any atom is -0.542 e. The number of nitrogens with zero attached hydrogens (tertiary/aromatic N) is 5. The van der Waals surface area contributed by atoms with Gasteiger partial charge < -0.3 is 36.5 Å². The van der Waals surface area contributed by atoms with E-state index < -0.39 is 36.4 Å². The maximum Gasteiger partial charge on any atom is 0.490 e. The molecule has 0 amide bonds. The van der Waals surface area contributed by atoms with Gasteiger partial charge in [0.25, 0.3) is 0 Å². The maximum atomic E-state index is 10.6. The molecule has 304 valence electrons. The lowest BCUT2D eigenvalue weighted by Crippen LogP contribution is -2.37. The Morgan fingerprint density at radius 2 is 1.19 bits per heavy atom. The number of aromatic nitrogens is 2. The van der Waals surface area contributed by atoms with E-state index in [1.54, 1.807) is 0 Å². The van der Waals surface area contributed by atoms with Crippen LogP contribution in [0.5, 0.6) is 0 Å². The summed E-state index contributed by atoms with van der Waals surface area (Å²) in [6, 6.07) is 8.33. The summed E-state index contributed by atoms with van der Waals surface area (Å²) in [6.45, 7) is 9.72. The summed E-state index contributed by atoms with van der Waals surface area (Å²) in [7, 11) is 0. The van der Waals surface area contributed by atoms with E-state index in [1.165, 1.54) is 44.2 Å². The number of carboxylic acid groups (broad SMARTS) is 3. The molecule has 0 aliphatic heterocycles. The Kier molecular flexibility index (Phi) is 25.1. The molecule has 0 spiro atoms. The number of hydrogen-bond donors (Lipinski definition) is 4. The maximum absolute atomic E-state index is 10.6. The SMILES string of the molecule is CCCCCn1cc[n+](CCCCC)c1N=Nc1ccc(N(CCCN)CCCN)cc1.O=C(O)C(F)(F)F.O=C(O)C(F)(F)F.O=C([O-])C(F)(F)F. The van der Waals surface area contributed by atoms with Gasteiger partial charge in [-0.05, 0) is 63.0 Å². The molecule has 0 atom stereocenters. The Morgan fingerprint density at radius 3 is 1.57 bits per heavy atom. The molecule has 0 saturated heterocycles. The van der Waals surface area contributed by atoms with E-state index in [0.29, 0.717) is 13.1 Å². The van der Waals surface area contributed by atoms with Gasteiger partial charge >= 0.3 is 36.4 Å². The molecule has 0 bridgehead atoms. The van der Waals surface area contributed by atoms with E-state index in [4.69, 9.17) is 41.2 Å². The Balaban J connectivity index is 0. The zero-order valence-electron chi connectivity index (χ0n) is 29.2. The van der Waals surface area contributed by atoms with Crippen LogP contribution in [0.15, 0.2) is 46.9 Å². The number of imidazole rings is 1. The predicted octanol–water partition coefficient (Wildman–Crippen LogP) is 5.64. The number of carbonyl (C=O) groups is 3. The summed E-state index contributed by atoms with van der Waals surface area (Å²) in [5.74, 6) is -7.58. The highest BCUT2D eigenvalue weighted by atomic mass is 19.4. The number of carbonyl (C=O) groups excluding carboxylic acids is 1. The average Bonchev–Trinajstić information content (AvgIpc) is 3.45. The van der Waals surface area contributed by atoms with Crippen molar-refractivity contribution in [1.29, 1.82) is 0 Å². The number of benzene rings is 1. The molecule has 0 aliphatic carbocycles. The van der Waals surface area contributed by atoms with Crippen LogP contribution in [0.2, 0.25) is 0 Å². The van der Waals surface area contributed by atoms with Crippen molar-refractivity contribution < 1.29 is 73.8 Å². The molecule has 0 fully saturated rings. The third-order valence-electron chi connectivity index (χ3n) is 6.40. The summed E-state index contributed by atoms with van der Waals surface area (Å²) >= 11 is 0. The lowest BCUT2D eigenvalue weighted by molar-refractivity contribution is -0.684. The van der Waals surface area contributed by atoms with Crippen molar-refractivity contribution in [2.24, 2.45) is 21.7 Å². The first-order chi connectivity index (χ1) is 24.6. The number of azo groups is 1. The van der Waals surface area contributed by atoms with Crippen LogP contribution in [0.4, 0.5) is 56.8 Å². The molecule has 0 radical (unpaired) electrons. The number of aryl methyl sites for hydroxylation is 2. The zero-order chi connectivity index (χ0) is 41.3. The van der Waals surface area contributed by atoms with Crippen LogP contribution in [-0.2, 0) is 27.5 Å². The number of aliphatic carboxylic acids is 3. The largest absolute Gasteiger partial charge is 0.542 e. The van der Waals surface area contributed by atoms with Crippen LogP contribution in [0, 0.1) is 0 Å². The highest BCUT2D eigenvalue weighted by Gasteiger charge is 2.39. The molecule has 1 heterocycles. The van der Waals surface area contributed by atoms with Gasteiger partial charge in [-0.3, -0.25) is 0 Å². The van der Waals surface area contributed by atoms with E-state index >= 15 is 0 Å². The van der Waals surface area contributed by atoms with Crippen molar-refractivity contribution in [2.45, 2.75) is 96.8 Å². The summed E-state index contributed by atoms with van der Waals surface area (Å²) in [5.41, 5.74) is 13.5. The van der Waals surface area contributed by atoms with Crippen LogP contribution in [-0.4, -0.2) is 77.4 Å². The molecule has 53 heavy (non-hydrogen) atoms. The molecule has 6 N–H and O–H groups in total. The van der Waals surface area contributed by atoms with E-state index in [9.17, 15) is 39.5 Å². The molecule has 0 unspecified atom stereocenters. The van der Waals surface area contributed by atoms with E-state index in [0.717, 1.165) is 50.7 Å². The number of rotatable bonds is 17. The van der Waals surface area contributed by atoms with E-state index in [2.05, 4.69) is 62.6 Å². The molecule has 13 nitrogen and oxygen atoms in total. The summed E-state index contributed by atoms with van der Waals surface area (Å²) < 4.78 is 99.5. The fraction of sp³-hybridized carbons (Fsp3) is 0.613. The molecular formula is C31H46F9N7O6. The average molecular weight is 784 g/mol. The van der Waals surface area contributed by atoms with Gasteiger partial charge in [-0.2, -0.15) is 39.5 Å². The van der Waals surface area contributed by atoms with Crippen LogP contribution < -0.4 is 26.0 Å². The molecular weight excluding hydrogens is 737 g/mol. The second-order valence-electron chi connectivity index (χ2n) is 10.8. The Morgan fingerprint density at radius 1 is 0.755 bits per heavy atom. The Hall–Kier alpha value is -4.47. The van der Waals surface area contributed by atoms with Crippen LogP contribution >= 0.6 is 0 Å². The monoisotopic (exact) mass is 783 g/mol. The topological polar surface area (TPSA) is 204 Å². The van der Waals surface area contributed by atoms with Gasteiger partial charge in [-0.1, -0.05) is 44.6 Å². The van der Waals surface area contributed by atoms with Gasteiger partial charge in [0, 0.05) is 23.9 Å². The first-order valence-corrected chi connectivity index (χ1v) is 16.2. The second-order valence-corrected chi connectivity index (χ2v) is 10.8. The number of hydrogen-bond acceptors (Lipinski definition) is 9. The third-order valence-corrected chi connectivity index (χ3v) is 6.40. The first-order valence-electron chi connectivity index (χ1n) is 16.2. The van der Waals surface area contributed by atoms with Crippen molar-refractivity contribution in [1.82, 2.24) is 4.57 Å². The van der Waals surface area contributed by atoms with E-state index in [-0.39, 0.29) is 0 Å². The van der Waals surface area contributed by atoms with Crippen LogP contribution in [0.25, 0.3) is 0 Å². The number of carboxylic acids is 3. The van der Waals surface area contributed by atoms with Gasteiger partial charge in [-0.15, -0.1) is 0 Å². The van der Waals surface area contributed by atoms with Crippen molar-refractivity contribution in [3.05, 3.63) is 36.7 Å². The quantitative estimate of drug-likeness (QED) is 0.0678. The molecule has 0 aliphatic rings. The van der Waals surface area contributed by atoms with Gasteiger partial charge in [0.15, 0.2) is 0 Å². The lowest BCUT2D eigenvalue weighted by atomic mass is 10.2. The van der Waals surface area contributed by atoms with Gasteiger partial charge in [0.1, 0.15) is 11.7 Å². The van der Waals surface area contributed by atoms with Crippen molar-refractivity contribution >= 4 is 35.2 Å². The van der Waals surface area contributed by atoms with Crippen molar-refractivity contribution in [2.75, 3.05) is 31.1 Å². The number of unbranched alkanes of at least 4 members (excludes halogenated alkanes) is 4. The molecule has 0 saturated carbocycles. The molecule has 2 rings (SSSR count). The van der Waals surface area contributed by atoms with Crippen LogP contribution in [0.1, 0.15) is 65.2 Å². The molecule has 1 aromatic heterocycles. The Labute approximate surface area is 300 Å². The third kappa shape index (κ3) is 24.4. The minimum absolute atomic E-state index is 0.696. The number of anilines is 1. The molecule has 1 aromatic carbocycles. The molecule has 22 heteroatoms. The number of halogens is 9. The second kappa shape index (κ2) is 26.3. The predicted molar refractivity (Wildman–Crippen MR) is 172 cm³/mol. The van der Waals surface area contributed by atoms with Gasteiger partial charge in [-0.25, -0.2) is 18.7 Å². The normalized spacial score (nSPS) is 11.4. The van der Waals surface area contributed by atoms with Crippen LogP contribution in [0.3, 0.4) is 0 Å². The number of nitrogens with two attached hydrogens (primary N) is 2. The fourth-order valence-corrected chi connectivity index (χ4v) is 3.75. The fourth-order valence-electron chi connectivity index (χ4n) is 3.75. The summed E-state index contributed by atoms with van der Waals surface area (Å²) in [5, 5.41) is 32.3. The van der Waals surface area contributed by atoms with Crippen molar-refractivity contribution in [3.8, 4) is 0 Å². The van der Waals surface area contributed by atoms with Crippen molar-refractivity contribution in [3.63, 3.8) is 0 Å². The zero-order valence-corrected chi connectivity index (χ0v) is 29.2. The summed E-state index contributed by atoms with van der Waals surface area (Å²) in [6.07, 6.45) is -1.90. The lowest BCUT2D eigenvalue weighted by Gasteiger charge is -2.24. The van der Waals surface area contributed by atoms with E-state index in [1.807, 2.05) is 12.1 Å². The standard InChI is InChI=1S/C25H44N7.3C2HF3O2/c1-3-5-7-17-31-21-22-32(18-8-6-4-2)25(31)29-28-23-11-13-24(14-12-23)30(19-9-15-26)20-10-16-27;3*3-2(4,5)1(6)7/h11-14,21-22H,3-10,15-20,26-27H2,1-2H3;3*(H,6,7)/q+1;;;/p-1. The van der Waals surface area contributed by atoms with Gasteiger partial charge in [0.2, 0.25) is 0 Å². The summed E-state index contributed by atoms with van der Waals surface area (Å²) in [4.78, 5) is 28.9. The Bertz CT molecular complexity index is 1260. The number of alkyl halides is 9. The van der Waals surface area contributed by atoms with Gasteiger partial charge in [0.05, 0.1) is 25.5 Å². The first kappa shape index (κ1) is 50.6. The highest BCUT2D eigenvalue weighted by Crippen LogP contribution is 2.23.